The Labute approximate surface area is 151 Å². The highest BCUT2D eigenvalue weighted by Gasteiger charge is 2.30. The van der Waals surface area contributed by atoms with E-state index in [4.69, 9.17) is 5.14 Å². The van der Waals surface area contributed by atoms with Crippen LogP contribution < -0.4 is 5.14 Å². The minimum atomic E-state index is -3.37. The van der Waals surface area contributed by atoms with E-state index in [-0.39, 0.29) is 10.8 Å². The van der Waals surface area contributed by atoms with Crippen molar-refractivity contribution in [3.8, 4) is 0 Å². The summed E-state index contributed by atoms with van der Waals surface area (Å²) < 4.78 is 37.4. The number of aromatic nitrogens is 2. The molecule has 0 aliphatic heterocycles. The molecule has 2 aromatic heterocycles. The molecule has 1 aliphatic carbocycles. The highest BCUT2D eigenvalue weighted by atomic mass is 32.2. The quantitative estimate of drug-likeness (QED) is 0.829. The summed E-state index contributed by atoms with van der Waals surface area (Å²) in [5.74, 6) is 0.464. The summed E-state index contributed by atoms with van der Waals surface area (Å²) in [6.45, 7) is 5.73. The molecule has 6 nitrogen and oxygen atoms in total. The predicted molar refractivity (Wildman–Crippen MR) is 99.7 cm³/mol. The Kier molecular flexibility index (Phi) is 4.58. The van der Waals surface area contributed by atoms with Crippen LogP contribution >= 0.6 is 0 Å². The van der Waals surface area contributed by atoms with Crippen LogP contribution in [-0.2, 0) is 20.8 Å². The first kappa shape index (κ1) is 18.5. The van der Waals surface area contributed by atoms with E-state index < -0.39 is 25.6 Å². The first-order chi connectivity index (χ1) is 11.5. The number of fused-ring (bicyclic) bond motifs is 1. The largest absolute Gasteiger partial charge is 0.305 e. The van der Waals surface area contributed by atoms with Crippen molar-refractivity contribution in [1.82, 2.24) is 9.38 Å². The number of rotatable bonds is 6. The average Bonchev–Trinajstić information content (AvgIpc) is 3.23. The lowest BCUT2D eigenvalue weighted by atomic mass is 9.96. The Hall–Kier alpha value is -1.25. The van der Waals surface area contributed by atoms with Gasteiger partial charge in [-0.3, -0.25) is 5.14 Å². The summed E-state index contributed by atoms with van der Waals surface area (Å²) in [5, 5.41) is 5.58. The van der Waals surface area contributed by atoms with Gasteiger partial charge < -0.3 is 4.40 Å². The monoisotopic (exact) mass is 383 g/mol. The fourth-order valence-electron chi connectivity index (χ4n) is 3.18. The van der Waals surface area contributed by atoms with E-state index >= 15 is 0 Å². The van der Waals surface area contributed by atoms with Crippen molar-refractivity contribution in [3.63, 3.8) is 0 Å². The minimum Gasteiger partial charge on any atom is -0.305 e. The van der Waals surface area contributed by atoms with Crippen LogP contribution in [0.15, 0.2) is 23.4 Å². The van der Waals surface area contributed by atoms with Crippen molar-refractivity contribution >= 4 is 26.5 Å². The third-order valence-corrected chi connectivity index (χ3v) is 7.21. The van der Waals surface area contributed by atoms with Gasteiger partial charge in [0, 0.05) is 24.6 Å². The zero-order chi connectivity index (χ0) is 18.6. The summed E-state index contributed by atoms with van der Waals surface area (Å²) in [7, 11) is -4.81. The van der Waals surface area contributed by atoms with Crippen molar-refractivity contribution in [1.29, 1.82) is 0 Å². The molecule has 8 heteroatoms. The number of nitrogens with zero attached hydrogens (tertiary/aromatic N) is 2. The maximum absolute atomic E-state index is 12.2. The zero-order valence-corrected chi connectivity index (χ0v) is 16.7. The molecule has 1 saturated carbocycles. The van der Waals surface area contributed by atoms with Gasteiger partial charge in [0.2, 0.25) is 0 Å². The van der Waals surface area contributed by atoms with Gasteiger partial charge in [0.25, 0.3) is 0 Å². The van der Waals surface area contributed by atoms with E-state index in [2.05, 4.69) is 4.98 Å². The third-order valence-electron chi connectivity index (χ3n) is 4.85. The Bertz CT molecular complexity index is 943. The maximum atomic E-state index is 12.2. The number of nitrogens with two attached hydrogens (primary N) is 1. The Morgan fingerprint density at radius 2 is 2.04 bits per heavy atom. The van der Waals surface area contributed by atoms with Crippen molar-refractivity contribution in [2.45, 2.75) is 61.5 Å². The third kappa shape index (κ3) is 3.80. The maximum Gasteiger partial charge on any atom is 0.179 e. The van der Waals surface area contributed by atoms with Crippen LogP contribution in [0.4, 0.5) is 0 Å². The molecule has 0 radical (unpaired) electrons. The molecule has 0 bridgehead atoms. The Balaban J connectivity index is 2.06. The summed E-state index contributed by atoms with van der Waals surface area (Å²) in [6, 6.07) is 1.77. The molecule has 2 atom stereocenters. The highest BCUT2D eigenvalue weighted by molar-refractivity contribution is 7.91. The van der Waals surface area contributed by atoms with Crippen LogP contribution in [0.2, 0.25) is 0 Å². The molecule has 2 aromatic rings. The molecule has 1 aliphatic rings. The van der Waals surface area contributed by atoms with E-state index in [1.807, 2.05) is 37.6 Å². The van der Waals surface area contributed by atoms with Gasteiger partial charge in [-0.2, -0.15) is 0 Å². The average molecular weight is 384 g/mol. The van der Waals surface area contributed by atoms with Crippen molar-refractivity contribution in [3.05, 3.63) is 29.7 Å². The van der Waals surface area contributed by atoms with Gasteiger partial charge in [-0.15, -0.1) is 0 Å². The topological polar surface area (TPSA) is 94.5 Å². The van der Waals surface area contributed by atoms with E-state index in [0.29, 0.717) is 18.0 Å². The van der Waals surface area contributed by atoms with Crippen LogP contribution in [0.5, 0.6) is 0 Å². The van der Waals surface area contributed by atoms with Gasteiger partial charge in [-0.25, -0.2) is 17.6 Å². The smallest absolute Gasteiger partial charge is 0.179 e. The summed E-state index contributed by atoms with van der Waals surface area (Å²) in [4.78, 5) is 4.86. The van der Waals surface area contributed by atoms with Crippen LogP contribution in [0.25, 0.3) is 5.65 Å². The molecule has 0 spiro atoms. The lowest BCUT2D eigenvalue weighted by Crippen LogP contribution is -2.33. The second-order valence-electron chi connectivity index (χ2n) is 7.74. The summed E-state index contributed by atoms with van der Waals surface area (Å²) in [6.07, 6.45) is 7.89. The molecule has 1 fully saturated rings. The minimum absolute atomic E-state index is 0.0131. The molecular formula is C17H25N3O3S2. The first-order valence-corrected chi connectivity index (χ1v) is 11.5. The van der Waals surface area contributed by atoms with Crippen molar-refractivity contribution in [2.24, 2.45) is 5.14 Å². The molecule has 0 saturated heterocycles. The van der Waals surface area contributed by atoms with Crippen LogP contribution in [0.3, 0.4) is 0 Å². The van der Waals surface area contributed by atoms with Crippen LogP contribution in [0, 0.1) is 0 Å². The summed E-state index contributed by atoms with van der Waals surface area (Å²) in [5.41, 5.74) is 2.30. The first-order valence-electron chi connectivity index (χ1n) is 8.38. The number of hydrogen-bond acceptors (Lipinski definition) is 4. The SMILES string of the molecule is C[C@H](CC(C)(C)S(N)=O)c1cn2cc(C3CC3)cc(S(C)(=O)=O)c2n1. The second kappa shape index (κ2) is 6.17. The molecule has 138 valence electrons. The Morgan fingerprint density at radius 1 is 1.40 bits per heavy atom. The molecular weight excluding hydrogens is 358 g/mol. The summed E-state index contributed by atoms with van der Waals surface area (Å²) >= 11 is 0. The normalized spacial score (nSPS) is 18.4. The molecule has 2 heterocycles. The highest BCUT2D eigenvalue weighted by Crippen LogP contribution is 2.41. The fourth-order valence-corrected chi connectivity index (χ4v) is 4.43. The zero-order valence-electron chi connectivity index (χ0n) is 15.0. The van der Waals surface area contributed by atoms with E-state index in [0.717, 1.165) is 24.1 Å². The van der Waals surface area contributed by atoms with Gasteiger partial charge in [0.15, 0.2) is 15.5 Å². The van der Waals surface area contributed by atoms with Gasteiger partial charge >= 0.3 is 0 Å². The number of sulfone groups is 1. The van der Waals surface area contributed by atoms with Gasteiger partial charge in [-0.1, -0.05) is 6.92 Å². The molecule has 3 rings (SSSR count). The molecule has 2 N–H and O–H groups in total. The van der Waals surface area contributed by atoms with Crippen LogP contribution in [0.1, 0.15) is 63.1 Å². The second-order valence-corrected chi connectivity index (χ2v) is 11.4. The molecule has 1 unspecified atom stereocenters. The Morgan fingerprint density at radius 3 is 2.56 bits per heavy atom. The number of pyridine rings is 1. The molecule has 25 heavy (non-hydrogen) atoms. The number of imidazole rings is 1. The van der Waals surface area contributed by atoms with Crippen LogP contribution in [-0.4, -0.2) is 33.0 Å². The van der Waals surface area contributed by atoms with E-state index in [1.165, 1.54) is 6.26 Å². The molecule has 0 aromatic carbocycles. The van der Waals surface area contributed by atoms with Gasteiger partial charge in [0.1, 0.15) is 4.90 Å². The standard InChI is InChI=1S/C17H25N3O3S2/c1-11(8-17(2,3)24(18)21)14-10-20-9-13(12-5-6-12)7-15(16(20)19-14)25(4,22)23/h7,9-12H,5-6,8,18H2,1-4H3/t11-,24?/m1/s1. The van der Waals surface area contributed by atoms with E-state index in [1.54, 1.807) is 6.07 Å². The van der Waals surface area contributed by atoms with Crippen molar-refractivity contribution in [2.75, 3.05) is 6.26 Å². The van der Waals surface area contributed by atoms with Gasteiger partial charge in [-0.05, 0) is 50.7 Å². The van der Waals surface area contributed by atoms with Gasteiger partial charge in [0.05, 0.1) is 21.4 Å². The fraction of sp³-hybridized carbons (Fsp3) is 0.588. The lowest BCUT2D eigenvalue weighted by Gasteiger charge is -2.24. The predicted octanol–water partition coefficient (Wildman–Crippen LogP) is 2.51. The van der Waals surface area contributed by atoms with Crippen molar-refractivity contribution < 1.29 is 12.6 Å². The van der Waals surface area contributed by atoms with E-state index in [9.17, 15) is 12.6 Å². The lowest BCUT2D eigenvalue weighted by molar-refractivity contribution is 0.535. The number of hydrogen-bond donors (Lipinski definition) is 1. The molecule has 0 amide bonds.